The molecular weight excluding hydrogens is 324 g/mol. The van der Waals surface area contributed by atoms with Crippen molar-refractivity contribution in [2.75, 3.05) is 13.7 Å². The molecule has 3 rings (SSSR count). The van der Waals surface area contributed by atoms with Crippen LogP contribution < -0.4 is 15.8 Å². The molecule has 1 saturated heterocycles. The van der Waals surface area contributed by atoms with Gasteiger partial charge >= 0.3 is 0 Å². The third-order valence-corrected chi connectivity index (χ3v) is 5.11. The Balaban J connectivity index is 1.55. The largest absolute Gasteiger partial charge is 0.497 e. The lowest BCUT2D eigenvalue weighted by atomic mass is 10.1. The van der Waals surface area contributed by atoms with Crippen molar-refractivity contribution in [3.05, 3.63) is 40.6 Å². The van der Waals surface area contributed by atoms with Crippen molar-refractivity contribution in [1.82, 2.24) is 5.32 Å². The van der Waals surface area contributed by atoms with Gasteiger partial charge in [0.1, 0.15) is 11.9 Å². The molecule has 128 valence electrons. The van der Waals surface area contributed by atoms with Gasteiger partial charge in [0.25, 0.3) is 0 Å². The van der Waals surface area contributed by atoms with Crippen LogP contribution in [-0.4, -0.2) is 31.8 Å². The van der Waals surface area contributed by atoms with Crippen LogP contribution in [0.4, 0.5) is 0 Å². The van der Waals surface area contributed by atoms with Crippen LogP contribution in [0.2, 0.25) is 0 Å². The van der Waals surface area contributed by atoms with Crippen LogP contribution in [0.25, 0.3) is 11.1 Å². The molecule has 6 heteroatoms. The zero-order chi connectivity index (χ0) is 16.9. The predicted molar refractivity (Wildman–Crippen MR) is 95.1 cm³/mol. The molecule has 0 radical (unpaired) electrons. The van der Waals surface area contributed by atoms with Gasteiger partial charge in [-0.15, -0.1) is 11.3 Å². The quantitative estimate of drug-likeness (QED) is 0.843. The number of hydrogen-bond donors (Lipinski definition) is 2. The van der Waals surface area contributed by atoms with Gasteiger partial charge in [-0.25, -0.2) is 0 Å². The summed E-state index contributed by atoms with van der Waals surface area (Å²) in [6.07, 6.45) is 1.26. The van der Waals surface area contributed by atoms with Gasteiger partial charge in [0, 0.05) is 11.4 Å². The van der Waals surface area contributed by atoms with Crippen molar-refractivity contribution in [1.29, 1.82) is 0 Å². The summed E-state index contributed by atoms with van der Waals surface area (Å²) in [6.45, 7) is 0.993. The van der Waals surface area contributed by atoms with E-state index in [0.717, 1.165) is 34.6 Å². The molecule has 0 aliphatic carbocycles. The van der Waals surface area contributed by atoms with E-state index in [0.29, 0.717) is 13.1 Å². The molecule has 1 aliphatic rings. The number of benzene rings is 1. The van der Waals surface area contributed by atoms with E-state index < -0.39 is 0 Å². The van der Waals surface area contributed by atoms with E-state index in [-0.39, 0.29) is 18.1 Å². The number of carbonyl (C=O) groups is 1. The summed E-state index contributed by atoms with van der Waals surface area (Å²) >= 11 is 1.64. The Labute approximate surface area is 145 Å². The third kappa shape index (κ3) is 3.95. The average molecular weight is 346 g/mol. The average Bonchev–Trinajstić information content (AvgIpc) is 3.29. The van der Waals surface area contributed by atoms with E-state index in [4.69, 9.17) is 15.2 Å². The normalized spacial score (nSPS) is 20.1. The lowest BCUT2D eigenvalue weighted by Crippen LogP contribution is -2.34. The van der Waals surface area contributed by atoms with Crippen LogP contribution >= 0.6 is 11.3 Å². The van der Waals surface area contributed by atoms with E-state index in [1.807, 2.05) is 24.3 Å². The van der Waals surface area contributed by atoms with Gasteiger partial charge in [-0.1, -0.05) is 12.1 Å². The second-order valence-corrected chi connectivity index (χ2v) is 6.80. The first-order valence-corrected chi connectivity index (χ1v) is 8.92. The number of carbonyl (C=O) groups excluding carboxylic acids is 1. The minimum Gasteiger partial charge on any atom is -0.497 e. The van der Waals surface area contributed by atoms with Crippen molar-refractivity contribution in [2.45, 2.75) is 31.6 Å². The SMILES string of the molecule is COc1ccc(-c2csc(CNC(=O)[C@@H]3CC[C@H](CN)O3)c2)cc1. The summed E-state index contributed by atoms with van der Waals surface area (Å²) in [5.74, 6) is 0.791. The second kappa shape index (κ2) is 7.79. The minimum absolute atomic E-state index is 0.0177. The molecule has 1 amide bonds. The van der Waals surface area contributed by atoms with Crippen LogP contribution in [0.15, 0.2) is 35.7 Å². The smallest absolute Gasteiger partial charge is 0.249 e. The Morgan fingerprint density at radius 1 is 1.33 bits per heavy atom. The van der Waals surface area contributed by atoms with E-state index >= 15 is 0 Å². The highest BCUT2D eigenvalue weighted by molar-refractivity contribution is 7.10. The summed E-state index contributed by atoms with van der Waals surface area (Å²) in [4.78, 5) is 13.3. The Hall–Kier alpha value is -1.89. The first-order valence-electron chi connectivity index (χ1n) is 8.04. The third-order valence-electron chi connectivity index (χ3n) is 4.18. The molecule has 1 aliphatic heterocycles. The van der Waals surface area contributed by atoms with Crippen molar-refractivity contribution >= 4 is 17.2 Å². The Morgan fingerprint density at radius 2 is 2.12 bits per heavy atom. The molecule has 2 aromatic rings. The van der Waals surface area contributed by atoms with Gasteiger partial charge in [-0.2, -0.15) is 0 Å². The van der Waals surface area contributed by atoms with Crippen LogP contribution in [0.3, 0.4) is 0 Å². The maximum absolute atomic E-state index is 12.1. The van der Waals surface area contributed by atoms with Gasteiger partial charge in [0.2, 0.25) is 5.91 Å². The van der Waals surface area contributed by atoms with Gasteiger partial charge in [0.05, 0.1) is 19.8 Å². The summed E-state index contributed by atoms with van der Waals surface area (Å²) in [7, 11) is 1.66. The number of hydrogen-bond acceptors (Lipinski definition) is 5. The maximum atomic E-state index is 12.1. The molecule has 1 fully saturated rings. The van der Waals surface area contributed by atoms with Crippen molar-refractivity contribution in [3.63, 3.8) is 0 Å². The van der Waals surface area contributed by atoms with E-state index in [2.05, 4.69) is 16.8 Å². The molecular formula is C18H22N2O3S. The molecule has 1 aromatic heterocycles. The zero-order valence-electron chi connectivity index (χ0n) is 13.7. The monoisotopic (exact) mass is 346 g/mol. The van der Waals surface area contributed by atoms with Gasteiger partial charge < -0.3 is 20.5 Å². The lowest BCUT2D eigenvalue weighted by Gasteiger charge is -2.12. The fraction of sp³-hybridized carbons (Fsp3) is 0.389. The number of methoxy groups -OCH3 is 1. The minimum atomic E-state index is -0.362. The van der Waals surface area contributed by atoms with Crippen molar-refractivity contribution < 1.29 is 14.3 Å². The van der Waals surface area contributed by atoms with Gasteiger partial charge in [0.15, 0.2) is 0 Å². The summed E-state index contributed by atoms with van der Waals surface area (Å²) in [6, 6.07) is 10.1. The van der Waals surface area contributed by atoms with Crippen LogP contribution in [0, 0.1) is 0 Å². The second-order valence-electron chi connectivity index (χ2n) is 5.81. The first kappa shape index (κ1) is 17.0. The van der Waals surface area contributed by atoms with Gasteiger partial charge in [-0.3, -0.25) is 4.79 Å². The molecule has 0 saturated carbocycles. The molecule has 24 heavy (non-hydrogen) atoms. The number of ether oxygens (including phenoxy) is 2. The molecule has 2 atom stereocenters. The molecule has 0 unspecified atom stereocenters. The standard InChI is InChI=1S/C18H22N2O3S/c1-22-14-4-2-12(3-5-14)13-8-16(24-11-13)10-20-18(21)17-7-6-15(9-19)23-17/h2-5,8,11,15,17H,6-7,9-10,19H2,1H3,(H,20,21)/t15-,17+/m1/s1. The fourth-order valence-electron chi connectivity index (χ4n) is 2.77. The summed E-state index contributed by atoms with van der Waals surface area (Å²) in [5.41, 5.74) is 7.85. The van der Waals surface area contributed by atoms with Crippen LogP contribution in [0.5, 0.6) is 5.75 Å². The number of rotatable bonds is 6. The number of thiophene rings is 1. The Morgan fingerprint density at radius 3 is 2.79 bits per heavy atom. The predicted octanol–water partition coefficient (Wildman–Crippen LogP) is 2.55. The van der Waals surface area contributed by atoms with Crippen molar-refractivity contribution in [3.8, 4) is 16.9 Å². The lowest BCUT2D eigenvalue weighted by molar-refractivity contribution is -0.132. The highest BCUT2D eigenvalue weighted by Gasteiger charge is 2.29. The number of nitrogens with one attached hydrogen (secondary N) is 1. The molecule has 2 heterocycles. The highest BCUT2D eigenvalue weighted by Crippen LogP contribution is 2.27. The molecule has 0 bridgehead atoms. The van der Waals surface area contributed by atoms with Gasteiger partial charge in [-0.05, 0) is 47.5 Å². The van der Waals surface area contributed by atoms with Crippen LogP contribution in [0.1, 0.15) is 17.7 Å². The first-order chi connectivity index (χ1) is 11.7. The van der Waals surface area contributed by atoms with E-state index in [1.54, 1.807) is 18.4 Å². The maximum Gasteiger partial charge on any atom is 0.249 e. The van der Waals surface area contributed by atoms with E-state index in [9.17, 15) is 4.79 Å². The van der Waals surface area contributed by atoms with Crippen LogP contribution in [-0.2, 0) is 16.1 Å². The van der Waals surface area contributed by atoms with E-state index in [1.165, 1.54) is 0 Å². The zero-order valence-corrected chi connectivity index (χ0v) is 14.5. The Kier molecular flexibility index (Phi) is 5.50. The topological polar surface area (TPSA) is 73.6 Å². The Bertz CT molecular complexity index is 684. The summed E-state index contributed by atoms with van der Waals surface area (Å²) in [5, 5.41) is 5.05. The molecule has 3 N–H and O–H groups in total. The number of amides is 1. The number of nitrogens with two attached hydrogens (primary N) is 1. The van der Waals surface area contributed by atoms with Crippen molar-refractivity contribution in [2.24, 2.45) is 5.73 Å². The molecule has 1 aromatic carbocycles. The highest BCUT2D eigenvalue weighted by atomic mass is 32.1. The molecule has 5 nitrogen and oxygen atoms in total. The summed E-state index contributed by atoms with van der Waals surface area (Å²) < 4.78 is 10.8. The molecule has 0 spiro atoms. The fourth-order valence-corrected chi connectivity index (χ4v) is 3.60.